The zero-order chi connectivity index (χ0) is 18.6. The summed E-state index contributed by atoms with van der Waals surface area (Å²) in [4.78, 5) is 14.8. The maximum absolute atomic E-state index is 8.80. The Balaban J connectivity index is 1.31. The van der Waals surface area contributed by atoms with E-state index < -0.39 is 0 Å². The zero-order valence-corrected chi connectivity index (χ0v) is 15.1. The number of anilines is 1. The fourth-order valence-electron chi connectivity index (χ4n) is 3.74. The van der Waals surface area contributed by atoms with Gasteiger partial charge >= 0.3 is 0 Å². The summed E-state index contributed by atoms with van der Waals surface area (Å²) in [5.41, 5.74) is 0.529. The van der Waals surface area contributed by atoms with Gasteiger partial charge in [-0.2, -0.15) is 5.26 Å². The number of fused-ring (bicyclic) bond motifs is 1. The first-order valence-electron chi connectivity index (χ1n) is 8.98. The molecule has 0 bridgehead atoms. The normalized spacial score (nSPS) is 23.7. The molecule has 4 rings (SSSR count). The lowest BCUT2D eigenvalue weighted by Gasteiger charge is -2.20. The molecule has 27 heavy (non-hydrogen) atoms. The highest BCUT2D eigenvalue weighted by atomic mass is 16.5. The van der Waals surface area contributed by atoms with Crippen molar-refractivity contribution in [3.8, 4) is 17.8 Å². The Morgan fingerprint density at radius 1 is 1.26 bits per heavy atom. The van der Waals surface area contributed by atoms with Crippen molar-refractivity contribution in [1.29, 1.82) is 5.26 Å². The quantitative estimate of drug-likeness (QED) is 0.761. The monoisotopic (exact) mass is 367 g/mol. The van der Waals surface area contributed by atoms with Crippen LogP contribution in [-0.4, -0.2) is 54.5 Å². The molecule has 2 saturated heterocycles. The zero-order valence-electron chi connectivity index (χ0n) is 15.1. The largest absolute Gasteiger partial charge is 0.481 e. The summed E-state index contributed by atoms with van der Waals surface area (Å²) in [6.07, 6.45) is 4.18. The lowest BCUT2D eigenvalue weighted by molar-refractivity contribution is 0.110. The van der Waals surface area contributed by atoms with E-state index in [0.717, 1.165) is 31.9 Å². The molecule has 140 valence electrons. The van der Waals surface area contributed by atoms with Gasteiger partial charge in [0.05, 0.1) is 32.0 Å². The van der Waals surface area contributed by atoms with E-state index in [2.05, 4.69) is 19.9 Å². The molecule has 0 spiro atoms. The van der Waals surface area contributed by atoms with E-state index in [1.54, 1.807) is 19.2 Å². The van der Waals surface area contributed by atoms with Crippen LogP contribution in [0, 0.1) is 23.2 Å². The lowest BCUT2D eigenvalue weighted by atomic mass is 9.91. The van der Waals surface area contributed by atoms with Crippen molar-refractivity contribution in [2.24, 2.45) is 11.8 Å². The summed E-state index contributed by atoms with van der Waals surface area (Å²) in [6, 6.07) is 7.34. The third-order valence-electron chi connectivity index (χ3n) is 5.20. The molecular formula is C19H21N5O3. The summed E-state index contributed by atoms with van der Waals surface area (Å²) in [6.45, 7) is 3.09. The van der Waals surface area contributed by atoms with E-state index in [1.807, 2.05) is 12.1 Å². The number of methoxy groups -OCH3 is 1. The molecule has 2 aliphatic rings. The van der Waals surface area contributed by atoms with Gasteiger partial charge in [-0.05, 0) is 18.4 Å². The van der Waals surface area contributed by atoms with E-state index in [4.69, 9.17) is 19.5 Å². The first-order valence-corrected chi connectivity index (χ1v) is 8.98. The number of hydrogen-bond acceptors (Lipinski definition) is 8. The number of rotatable bonds is 6. The summed E-state index contributed by atoms with van der Waals surface area (Å²) in [5.74, 6) is 2.89. The van der Waals surface area contributed by atoms with Crippen LogP contribution in [0.4, 0.5) is 5.82 Å². The smallest absolute Gasteiger partial charge is 0.218 e. The fraction of sp³-hybridized carbons (Fsp3) is 0.474. The Morgan fingerprint density at radius 2 is 2.19 bits per heavy atom. The predicted molar refractivity (Wildman–Crippen MR) is 96.6 cm³/mol. The number of nitriles is 1. The number of nitrogens with zero attached hydrogens (tertiary/aromatic N) is 5. The van der Waals surface area contributed by atoms with Gasteiger partial charge in [-0.3, -0.25) is 0 Å². The minimum absolute atomic E-state index is 0.226. The molecule has 0 radical (unpaired) electrons. The van der Waals surface area contributed by atoms with Crippen LogP contribution in [0.3, 0.4) is 0 Å². The van der Waals surface area contributed by atoms with Crippen LogP contribution in [-0.2, 0) is 4.74 Å². The SMILES string of the molecule is COc1cc(N2C[C@H]3[C@@H](CCOc4ccc(C#N)cn4)CO[C@H]3C2)ncn1. The van der Waals surface area contributed by atoms with E-state index in [9.17, 15) is 0 Å². The van der Waals surface area contributed by atoms with Crippen molar-refractivity contribution in [1.82, 2.24) is 15.0 Å². The second kappa shape index (κ2) is 7.76. The molecule has 0 aromatic carbocycles. The summed E-state index contributed by atoms with van der Waals surface area (Å²) >= 11 is 0. The average Bonchev–Trinajstić information content (AvgIpc) is 3.30. The van der Waals surface area contributed by atoms with Crippen LogP contribution in [0.25, 0.3) is 0 Å². The molecule has 2 aromatic heterocycles. The summed E-state index contributed by atoms with van der Waals surface area (Å²) in [5, 5.41) is 8.80. The molecule has 8 nitrogen and oxygen atoms in total. The van der Waals surface area contributed by atoms with E-state index in [-0.39, 0.29) is 6.10 Å². The van der Waals surface area contributed by atoms with Gasteiger partial charge in [0, 0.05) is 37.3 Å². The van der Waals surface area contributed by atoms with Crippen LogP contribution in [0.5, 0.6) is 11.8 Å². The third kappa shape index (κ3) is 3.78. The third-order valence-corrected chi connectivity index (χ3v) is 5.20. The molecule has 4 heterocycles. The Hall–Kier alpha value is -2.92. The lowest BCUT2D eigenvalue weighted by Crippen LogP contribution is -2.25. The average molecular weight is 367 g/mol. The Labute approximate surface area is 157 Å². The molecule has 0 amide bonds. The van der Waals surface area contributed by atoms with Crippen molar-refractivity contribution in [3.63, 3.8) is 0 Å². The Kier molecular flexibility index (Phi) is 5.03. The molecule has 3 atom stereocenters. The van der Waals surface area contributed by atoms with Gasteiger partial charge in [-0.25, -0.2) is 15.0 Å². The van der Waals surface area contributed by atoms with Crippen LogP contribution in [0.1, 0.15) is 12.0 Å². The molecular weight excluding hydrogens is 346 g/mol. The van der Waals surface area contributed by atoms with Gasteiger partial charge < -0.3 is 19.1 Å². The molecule has 2 fully saturated rings. The first kappa shape index (κ1) is 17.5. The van der Waals surface area contributed by atoms with Crippen LogP contribution in [0.2, 0.25) is 0 Å². The highest BCUT2D eigenvalue weighted by molar-refractivity contribution is 5.42. The van der Waals surface area contributed by atoms with E-state index in [0.29, 0.717) is 35.8 Å². The number of hydrogen-bond donors (Lipinski definition) is 0. The van der Waals surface area contributed by atoms with Crippen molar-refractivity contribution in [2.45, 2.75) is 12.5 Å². The highest BCUT2D eigenvalue weighted by Gasteiger charge is 2.44. The molecule has 8 heteroatoms. The number of aromatic nitrogens is 3. The van der Waals surface area contributed by atoms with Gasteiger partial charge in [0.2, 0.25) is 11.8 Å². The molecule has 0 unspecified atom stereocenters. The van der Waals surface area contributed by atoms with Crippen LogP contribution >= 0.6 is 0 Å². The van der Waals surface area contributed by atoms with Crippen molar-refractivity contribution < 1.29 is 14.2 Å². The topological polar surface area (TPSA) is 93.4 Å². The maximum atomic E-state index is 8.80. The summed E-state index contributed by atoms with van der Waals surface area (Å²) < 4.78 is 16.9. The van der Waals surface area contributed by atoms with Gasteiger partial charge in [0.1, 0.15) is 18.2 Å². The Bertz CT molecular complexity index is 823. The van der Waals surface area contributed by atoms with Gasteiger partial charge in [0.15, 0.2) is 0 Å². The van der Waals surface area contributed by atoms with E-state index in [1.165, 1.54) is 12.5 Å². The number of ether oxygens (including phenoxy) is 3. The second-order valence-electron chi connectivity index (χ2n) is 6.75. The van der Waals surface area contributed by atoms with E-state index >= 15 is 0 Å². The fourth-order valence-corrected chi connectivity index (χ4v) is 3.74. The molecule has 0 aliphatic carbocycles. The minimum Gasteiger partial charge on any atom is -0.481 e. The second-order valence-corrected chi connectivity index (χ2v) is 6.75. The van der Waals surface area contributed by atoms with Gasteiger partial charge in [-0.15, -0.1) is 0 Å². The minimum atomic E-state index is 0.226. The first-order chi connectivity index (χ1) is 13.3. The molecule has 0 N–H and O–H groups in total. The predicted octanol–water partition coefficient (Wildman–Crippen LogP) is 1.67. The van der Waals surface area contributed by atoms with Crippen LogP contribution in [0.15, 0.2) is 30.7 Å². The molecule has 2 aromatic rings. The Morgan fingerprint density at radius 3 is 2.96 bits per heavy atom. The highest BCUT2D eigenvalue weighted by Crippen LogP contribution is 2.37. The standard InChI is InChI=1S/C19H21N5O3/c1-25-19-6-17(22-12-23-19)24-9-15-14(11-27-16(15)10-24)4-5-26-18-3-2-13(7-20)8-21-18/h2-3,6,8,12,14-16H,4-5,9-11H2,1H3/t14-,15-,16-/m0/s1. The van der Waals surface area contributed by atoms with Gasteiger partial charge in [-0.1, -0.05) is 0 Å². The van der Waals surface area contributed by atoms with Crippen molar-refractivity contribution >= 4 is 5.82 Å². The molecule has 2 aliphatic heterocycles. The van der Waals surface area contributed by atoms with Gasteiger partial charge in [0.25, 0.3) is 0 Å². The maximum Gasteiger partial charge on any atom is 0.218 e. The van der Waals surface area contributed by atoms with Crippen molar-refractivity contribution in [2.75, 3.05) is 38.3 Å². The van der Waals surface area contributed by atoms with Crippen LogP contribution < -0.4 is 14.4 Å². The summed E-state index contributed by atoms with van der Waals surface area (Å²) in [7, 11) is 1.60. The van der Waals surface area contributed by atoms with Crippen molar-refractivity contribution in [3.05, 3.63) is 36.3 Å². The number of pyridine rings is 1. The molecule has 0 saturated carbocycles.